The van der Waals surface area contributed by atoms with E-state index in [2.05, 4.69) is 18.5 Å². The van der Waals surface area contributed by atoms with Gasteiger partial charge in [0, 0.05) is 18.4 Å². The van der Waals surface area contributed by atoms with Gasteiger partial charge in [-0.05, 0) is 24.1 Å². The second-order valence-electron chi connectivity index (χ2n) is 4.72. The molecule has 0 spiro atoms. The Kier molecular flexibility index (Phi) is 3.36. The molecule has 17 heavy (non-hydrogen) atoms. The van der Waals surface area contributed by atoms with Crippen LogP contribution >= 0.6 is 0 Å². The summed E-state index contributed by atoms with van der Waals surface area (Å²) in [5, 5.41) is 19.2. The largest absolute Gasteiger partial charge is 0.504 e. The van der Waals surface area contributed by atoms with Gasteiger partial charge in [0.05, 0.1) is 0 Å². The SMILES string of the molecule is CCCCC1=[N+](C)CCc2cc(O)c(O)cc21. The van der Waals surface area contributed by atoms with Gasteiger partial charge in [0.2, 0.25) is 0 Å². The quantitative estimate of drug-likeness (QED) is 0.622. The Hall–Kier alpha value is -1.51. The molecule has 0 atom stereocenters. The van der Waals surface area contributed by atoms with Crippen LogP contribution in [0.25, 0.3) is 0 Å². The fourth-order valence-corrected chi connectivity index (χ4v) is 2.39. The summed E-state index contributed by atoms with van der Waals surface area (Å²) in [5.74, 6) is -0.0313. The summed E-state index contributed by atoms with van der Waals surface area (Å²) in [6, 6.07) is 3.40. The van der Waals surface area contributed by atoms with Crippen LogP contribution in [-0.4, -0.2) is 34.1 Å². The zero-order valence-corrected chi connectivity index (χ0v) is 10.5. The predicted molar refractivity (Wildman–Crippen MR) is 68.2 cm³/mol. The molecule has 0 saturated heterocycles. The van der Waals surface area contributed by atoms with Gasteiger partial charge in [0.15, 0.2) is 17.2 Å². The minimum absolute atomic E-state index is 0.0110. The summed E-state index contributed by atoms with van der Waals surface area (Å²) in [4.78, 5) is 0. The Labute approximate surface area is 102 Å². The summed E-state index contributed by atoms with van der Waals surface area (Å²) in [7, 11) is 2.10. The van der Waals surface area contributed by atoms with Crippen molar-refractivity contribution in [2.75, 3.05) is 13.6 Å². The molecule has 92 valence electrons. The lowest BCUT2D eigenvalue weighted by Gasteiger charge is -2.17. The van der Waals surface area contributed by atoms with Crippen LogP contribution in [0.2, 0.25) is 0 Å². The van der Waals surface area contributed by atoms with E-state index in [0.717, 1.165) is 43.4 Å². The van der Waals surface area contributed by atoms with Crippen molar-refractivity contribution < 1.29 is 14.8 Å². The number of unbranched alkanes of at least 4 members (excludes halogenated alkanes) is 1. The molecular formula is C14H20NO2+. The average molecular weight is 234 g/mol. The first-order chi connectivity index (χ1) is 8.13. The lowest BCUT2D eigenvalue weighted by molar-refractivity contribution is -0.499. The molecule has 0 fully saturated rings. The maximum Gasteiger partial charge on any atom is 0.183 e. The Bertz CT molecular complexity index is 464. The second-order valence-corrected chi connectivity index (χ2v) is 4.72. The summed E-state index contributed by atoms with van der Waals surface area (Å²) < 4.78 is 2.26. The molecule has 1 aromatic carbocycles. The number of rotatable bonds is 3. The molecular weight excluding hydrogens is 214 g/mol. The number of nitrogens with zero attached hydrogens (tertiary/aromatic N) is 1. The van der Waals surface area contributed by atoms with Crippen molar-refractivity contribution in [3.8, 4) is 11.5 Å². The zero-order valence-electron chi connectivity index (χ0n) is 10.5. The maximum absolute atomic E-state index is 9.62. The predicted octanol–water partition coefficient (Wildman–Crippen LogP) is 2.28. The normalized spacial score (nSPS) is 14.9. The van der Waals surface area contributed by atoms with Gasteiger partial charge in [-0.1, -0.05) is 13.3 Å². The molecule has 0 amide bonds. The first-order valence-corrected chi connectivity index (χ1v) is 6.25. The first kappa shape index (κ1) is 12.0. The van der Waals surface area contributed by atoms with Gasteiger partial charge >= 0.3 is 0 Å². The summed E-state index contributed by atoms with van der Waals surface area (Å²) in [5.41, 5.74) is 3.52. The minimum atomic E-state index is -0.0203. The Balaban J connectivity index is 2.43. The number of fused-ring (bicyclic) bond motifs is 1. The molecule has 0 unspecified atom stereocenters. The number of phenols is 2. The Morgan fingerprint density at radius 3 is 2.65 bits per heavy atom. The van der Waals surface area contributed by atoms with E-state index in [-0.39, 0.29) is 11.5 Å². The minimum Gasteiger partial charge on any atom is -0.504 e. The van der Waals surface area contributed by atoms with Crippen molar-refractivity contribution in [2.45, 2.75) is 32.6 Å². The first-order valence-electron chi connectivity index (χ1n) is 6.25. The molecule has 1 aromatic rings. The van der Waals surface area contributed by atoms with Gasteiger partial charge in [-0.2, -0.15) is 0 Å². The Morgan fingerprint density at radius 1 is 1.24 bits per heavy atom. The van der Waals surface area contributed by atoms with Crippen LogP contribution in [0.5, 0.6) is 11.5 Å². The molecule has 0 aliphatic carbocycles. The van der Waals surface area contributed by atoms with Gasteiger partial charge in [-0.3, -0.25) is 0 Å². The molecule has 3 nitrogen and oxygen atoms in total. The van der Waals surface area contributed by atoms with E-state index in [0.29, 0.717) is 0 Å². The molecule has 0 bridgehead atoms. The molecule has 0 saturated carbocycles. The molecule has 1 heterocycles. The van der Waals surface area contributed by atoms with Crippen LogP contribution in [0, 0.1) is 0 Å². The number of hydrogen-bond donors (Lipinski definition) is 2. The van der Waals surface area contributed by atoms with E-state index in [1.54, 1.807) is 12.1 Å². The highest BCUT2D eigenvalue weighted by atomic mass is 16.3. The summed E-state index contributed by atoms with van der Waals surface area (Å²) >= 11 is 0. The highest BCUT2D eigenvalue weighted by molar-refractivity contribution is 5.99. The average Bonchev–Trinajstić information content (AvgIpc) is 2.30. The molecule has 2 N–H and O–H groups in total. The number of phenolic OH excluding ortho intramolecular Hbond substituents is 2. The third-order valence-electron chi connectivity index (χ3n) is 3.46. The van der Waals surface area contributed by atoms with Crippen LogP contribution in [-0.2, 0) is 6.42 Å². The molecule has 1 aliphatic rings. The van der Waals surface area contributed by atoms with Crippen molar-refractivity contribution in [3.05, 3.63) is 23.3 Å². The lowest BCUT2D eigenvalue weighted by Crippen LogP contribution is -2.27. The molecule has 2 rings (SSSR count). The van der Waals surface area contributed by atoms with E-state index in [4.69, 9.17) is 0 Å². The fraction of sp³-hybridized carbons (Fsp3) is 0.500. The van der Waals surface area contributed by atoms with Crippen molar-refractivity contribution >= 4 is 5.71 Å². The van der Waals surface area contributed by atoms with Gasteiger partial charge in [0.1, 0.15) is 13.6 Å². The highest BCUT2D eigenvalue weighted by Crippen LogP contribution is 2.31. The van der Waals surface area contributed by atoms with E-state index in [1.807, 2.05) is 0 Å². The standard InChI is InChI=1S/C14H19NO2/c1-3-4-5-12-11-9-14(17)13(16)8-10(11)6-7-15(12)2/h8-9,17H,3-7H2,1-2H3/p+1. The second kappa shape index (κ2) is 4.78. The van der Waals surface area contributed by atoms with Crippen LogP contribution in [0.4, 0.5) is 0 Å². The third-order valence-corrected chi connectivity index (χ3v) is 3.46. The van der Waals surface area contributed by atoms with Gasteiger partial charge < -0.3 is 10.2 Å². The van der Waals surface area contributed by atoms with Crippen LogP contribution in [0.15, 0.2) is 12.1 Å². The van der Waals surface area contributed by atoms with Gasteiger partial charge in [0.25, 0.3) is 0 Å². The van der Waals surface area contributed by atoms with Crippen molar-refractivity contribution in [3.63, 3.8) is 0 Å². The van der Waals surface area contributed by atoms with E-state index < -0.39 is 0 Å². The lowest BCUT2D eigenvalue weighted by atomic mass is 9.93. The number of benzene rings is 1. The van der Waals surface area contributed by atoms with E-state index in [9.17, 15) is 10.2 Å². The van der Waals surface area contributed by atoms with E-state index >= 15 is 0 Å². The Morgan fingerprint density at radius 2 is 1.94 bits per heavy atom. The van der Waals surface area contributed by atoms with Crippen LogP contribution in [0.3, 0.4) is 0 Å². The molecule has 0 aromatic heterocycles. The topological polar surface area (TPSA) is 43.5 Å². The number of likely N-dealkylation sites (N-methyl/N-ethyl adjacent to an activating group) is 1. The maximum atomic E-state index is 9.62. The van der Waals surface area contributed by atoms with Crippen molar-refractivity contribution in [1.29, 1.82) is 0 Å². The molecule has 0 radical (unpaired) electrons. The smallest absolute Gasteiger partial charge is 0.183 e. The van der Waals surface area contributed by atoms with Crippen LogP contribution in [0.1, 0.15) is 37.3 Å². The fourth-order valence-electron chi connectivity index (χ4n) is 2.39. The molecule has 3 heteroatoms. The zero-order chi connectivity index (χ0) is 12.4. The number of hydrogen-bond acceptors (Lipinski definition) is 2. The van der Waals surface area contributed by atoms with Crippen molar-refractivity contribution in [1.82, 2.24) is 0 Å². The molecule has 1 aliphatic heterocycles. The van der Waals surface area contributed by atoms with Gasteiger partial charge in [-0.25, -0.2) is 4.58 Å². The summed E-state index contributed by atoms with van der Waals surface area (Å²) in [6.45, 7) is 3.16. The number of aromatic hydroxyl groups is 2. The summed E-state index contributed by atoms with van der Waals surface area (Å²) in [6.07, 6.45) is 4.27. The van der Waals surface area contributed by atoms with E-state index in [1.165, 1.54) is 5.71 Å². The highest BCUT2D eigenvalue weighted by Gasteiger charge is 2.24. The third kappa shape index (κ3) is 2.28. The van der Waals surface area contributed by atoms with Crippen LogP contribution < -0.4 is 0 Å². The van der Waals surface area contributed by atoms with Crippen molar-refractivity contribution in [2.24, 2.45) is 0 Å². The van der Waals surface area contributed by atoms with Gasteiger partial charge in [-0.15, -0.1) is 0 Å². The monoisotopic (exact) mass is 234 g/mol.